The minimum Gasteiger partial charge on any atom is -0.481 e. The molecule has 0 bridgehead atoms. The van der Waals surface area contributed by atoms with Crippen molar-refractivity contribution < 1.29 is 24.9 Å². The van der Waals surface area contributed by atoms with Crippen LogP contribution in [0.15, 0.2) is 0 Å². The lowest BCUT2D eigenvalue weighted by atomic mass is 9.79. The van der Waals surface area contributed by atoms with Crippen LogP contribution in [-0.4, -0.2) is 33.4 Å². The Bertz CT molecular complexity index is 268. The predicted molar refractivity (Wildman–Crippen MR) is 60.6 cm³/mol. The molecule has 0 saturated heterocycles. The summed E-state index contributed by atoms with van der Waals surface area (Å²) in [5, 5.41) is 27.3. The van der Waals surface area contributed by atoms with E-state index in [-0.39, 0.29) is 5.92 Å². The molecule has 98 valence electrons. The van der Waals surface area contributed by atoms with E-state index in [0.717, 1.165) is 32.1 Å². The fourth-order valence-electron chi connectivity index (χ4n) is 2.59. The summed E-state index contributed by atoms with van der Waals surface area (Å²) >= 11 is 0. The first-order chi connectivity index (χ1) is 8.04. The van der Waals surface area contributed by atoms with Gasteiger partial charge in [-0.2, -0.15) is 0 Å². The second-order valence-corrected chi connectivity index (χ2v) is 4.75. The number of rotatable bonds is 4. The van der Waals surface area contributed by atoms with Crippen LogP contribution in [0.3, 0.4) is 0 Å². The standard InChI is InChI=1S/C12H20O5/c13-10(12(16)17)9(11(14)15)8-6-4-2-1-3-5-7-8/h8-10,13H,1-7H2,(H,14,15)(H,16,17). The zero-order valence-corrected chi connectivity index (χ0v) is 9.84. The van der Waals surface area contributed by atoms with E-state index in [2.05, 4.69) is 0 Å². The van der Waals surface area contributed by atoms with Crippen molar-refractivity contribution in [1.82, 2.24) is 0 Å². The first-order valence-corrected chi connectivity index (χ1v) is 6.17. The molecule has 5 heteroatoms. The monoisotopic (exact) mass is 244 g/mol. The summed E-state index contributed by atoms with van der Waals surface area (Å²) in [6.45, 7) is 0. The zero-order valence-electron chi connectivity index (χ0n) is 9.84. The minimum absolute atomic E-state index is 0.223. The zero-order chi connectivity index (χ0) is 12.8. The average molecular weight is 244 g/mol. The summed E-state index contributed by atoms with van der Waals surface area (Å²) in [7, 11) is 0. The highest BCUT2D eigenvalue weighted by Gasteiger charge is 2.38. The number of aliphatic hydroxyl groups is 1. The molecule has 0 aliphatic heterocycles. The van der Waals surface area contributed by atoms with Crippen LogP contribution in [0.5, 0.6) is 0 Å². The molecule has 2 unspecified atom stereocenters. The van der Waals surface area contributed by atoms with E-state index >= 15 is 0 Å². The molecule has 0 aromatic rings. The first kappa shape index (κ1) is 14.0. The van der Waals surface area contributed by atoms with Gasteiger partial charge in [0, 0.05) is 0 Å². The summed E-state index contributed by atoms with van der Waals surface area (Å²) < 4.78 is 0. The Balaban J connectivity index is 2.73. The lowest BCUT2D eigenvalue weighted by Crippen LogP contribution is -2.40. The average Bonchev–Trinajstić information content (AvgIpc) is 2.20. The number of aliphatic carboxylic acids is 2. The van der Waals surface area contributed by atoms with Crippen LogP contribution in [0.2, 0.25) is 0 Å². The number of aliphatic hydroxyl groups excluding tert-OH is 1. The molecule has 3 N–H and O–H groups in total. The van der Waals surface area contributed by atoms with Crippen LogP contribution in [0.25, 0.3) is 0 Å². The molecule has 1 saturated carbocycles. The third kappa shape index (κ3) is 4.00. The maximum Gasteiger partial charge on any atom is 0.333 e. The van der Waals surface area contributed by atoms with Crippen LogP contribution in [-0.2, 0) is 9.59 Å². The van der Waals surface area contributed by atoms with E-state index in [1.54, 1.807) is 0 Å². The Kier molecular flexibility index (Phi) is 5.41. The van der Waals surface area contributed by atoms with E-state index in [0.29, 0.717) is 12.8 Å². The van der Waals surface area contributed by atoms with Crippen molar-refractivity contribution in [2.75, 3.05) is 0 Å². The largest absolute Gasteiger partial charge is 0.481 e. The van der Waals surface area contributed by atoms with E-state index < -0.39 is 24.0 Å². The van der Waals surface area contributed by atoms with Crippen LogP contribution in [0, 0.1) is 11.8 Å². The summed E-state index contributed by atoms with van der Waals surface area (Å²) in [6, 6.07) is 0. The molecular weight excluding hydrogens is 224 g/mol. The Morgan fingerprint density at radius 3 is 1.76 bits per heavy atom. The van der Waals surface area contributed by atoms with Gasteiger partial charge < -0.3 is 15.3 Å². The topological polar surface area (TPSA) is 94.8 Å². The molecular formula is C12H20O5. The van der Waals surface area contributed by atoms with Gasteiger partial charge in [0.05, 0.1) is 5.92 Å². The molecule has 1 aliphatic carbocycles. The number of carbonyl (C=O) groups is 2. The fraction of sp³-hybridized carbons (Fsp3) is 0.833. The predicted octanol–water partition coefficient (Wildman–Crippen LogP) is 1.49. The van der Waals surface area contributed by atoms with Gasteiger partial charge in [-0.15, -0.1) is 0 Å². The molecule has 1 fully saturated rings. The van der Waals surface area contributed by atoms with Gasteiger partial charge >= 0.3 is 11.9 Å². The minimum atomic E-state index is -1.79. The first-order valence-electron chi connectivity index (χ1n) is 6.17. The molecule has 0 radical (unpaired) electrons. The number of hydrogen-bond donors (Lipinski definition) is 3. The molecule has 0 aromatic heterocycles. The van der Waals surface area contributed by atoms with Crippen molar-refractivity contribution in [2.24, 2.45) is 11.8 Å². The molecule has 0 aromatic carbocycles. The summed E-state index contributed by atoms with van der Waals surface area (Å²) in [4.78, 5) is 21.8. The maximum absolute atomic E-state index is 11.1. The van der Waals surface area contributed by atoms with Gasteiger partial charge in [0.1, 0.15) is 0 Å². The van der Waals surface area contributed by atoms with Crippen molar-refractivity contribution in [3.8, 4) is 0 Å². The highest BCUT2D eigenvalue weighted by atomic mass is 16.4. The van der Waals surface area contributed by atoms with Crippen LogP contribution >= 0.6 is 0 Å². The summed E-state index contributed by atoms with van der Waals surface area (Å²) in [5.74, 6) is -4.05. The Morgan fingerprint density at radius 1 is 0.882 bits per heavy atom. The van der Waals surface area contributed by atoms with Crippen LogP contribution in [0.1, 0.15) is 44.9 Å². The molecule has 1 aliphatic rings. The third-order valence-corrected chi connectivity index (χ3v) is 3.54. The molecule has 0 spiro atoms. The molecule has 1 rings (SSSR count). The van der Waals surface area contributed by atoms with Gasteiger partial charge in [-0.1, -0.05) is 32.1 Å². The highest BCUT2D eigenvalue weighted by Crippen LogP contribution is 2.30. The SMILES string of the molecule is O=C(O)C(O)C(C(=O)O)C1CCCCCCC1. The van der Waals surface area contributed by atoms with Gasteiger partial charge in [-0.25, -0.2) is 4.79 Å². The van der Waals surface area contributed by atoms with Crippen LogP contribution < -0.4 is 0 Å². The molecule has 2 atom stereocenters. The lowest BCUT2D eigenvalue weighted by Gasteiger charge is -2.27. The Morgan fingerprint density at radius 2 is 1.35 bits per heavy atom. The summed E-state index contributed by atoms with van der Waals surface area (Å²) in [5.41, 5.74) is 0. The van der Waals surface area contributed by atoms with Crippen molar-refractivity contribution in [3.63, 3.8) is 0 Å². The van der Waals surface area contributed by atoms with E-state index in [9.17, 15) is 14.7 Å². The number of carboxylic acids is 2. The van der Waals surface area contributed by atoms with Gasteiger partial charge in [0.25, 0.3) is 0 Å². The number of hydrogen-bond acceptors (Lipinski definition) is 3. The van der Waals surface area contributed by atoms with E-state index in [1.807, 2.05) is 0 Å². The van der Waals surface area contributed by atoms with E-state index in [1.165, 1.54) is 0 Å². The Hall–Kier alpha value is -1.10. The van der Waals surface area contributed by atoms with Crippen molar-refractivity contribution in [1.29, 1.82) is 0 Å². The smallest absolute Gasteiger partial charge is 0.333 e. The number of carboxylic acid groups (broad SMARTS) is 2. The van der Waals surface area contributed by atoms with Gasteiger partial charge in [0.15, 0.2) is 6.10 Å². The van der Waals surface area contributed by atoms with E-state index in [4.69, 9.17) is 10.2 Å². The second kappa shape index (κ2) is 6.59. The van der Waals surface area contributed by atoms with Crippen molar-refractivity contribution >= 4 is 11.9 Å². The van der Waals surface area contributed by atoms with Crippen molar-refractivity contribution in [3.05, 3.63) is 0 Å². The van der Waals surface area contributed by atoms with Crippen LogP contribution in [0.4, 0.5) is 0 Å². The lowest BCUT2D eigenvalue weighted by molar-refractivity contribution is -0.162. The fourth-order valence-corrected chi connectivity index (χ4v) is 2.59. The van der Waals surface area contributed by atoms with Gasteiger partial charge in [0.2, 0.25) is 0 Å². The second-order valence-electron chi connectivity index (χ2n) is 4.75. The van der Waals surface area contributed by atoms with Gasteiger partial charge in [-0.05, 0) is 18.8 Å². The van der Waals surface area contributed by atoms with Gasteiger partial charge in [-0.3, -0.25) is 4.79 Å². The normalized spacial score (nSPS) is 22.2. The molecule has 17 heavy (non-hydrogen) atoms. The highest BCUT2D eigenvalue weighted by molar-refractivity contribution is 5.81. The third-order valence-electron chi connectivity index (χ3n) is 3.54. The molecule has 0 heterocycles. The molecule has 5 nitrogen and oxygen atoms in total. The molecule has 0 amide bonds. The van der Waals surface area contributed by atoms with Crippen molar-refractivity contribution in [2.45, 2.75) is 51.0 Å². The Labute approximate surface area is 100 Å². The quantitative estimate of drug-likeness (QED) is 0.696. The summed E-state index contributed by atoms with van der Waals surface area (Å²) in [6.07, 6.45) is 4.71. The maximum atomic E-state index is 11.1.